The van der Waals surface area contributed by atoms with Gasteiger partial charge in [0.25, 0.3) is 11.8 Å². The molecule has 0 aromatic heterocycles. The van der Waals surface area contributed by atoms with Crippen molar-refractivity contribution in [2.75, 3.05) is 0 Å². The minimum absolute atomic E-state index is 0.0485. The Morgan fingerprint density at radius 3 is 2.56 bits per heavy atom. The van der Waals surface area contributed by atoms with Crippen LogP contribution in [0, 0.1) is 0 Å². The normalized spacial score (nSPS) is 16.6. The summed E-state index contributed by atoms with van der Waals surface area (Å²) in [6.45, 7) is 1.94. The zero-order valence-electron chi connectivity index (χ0n) is 10.2. The largest absolute Gasteiger partial charge is 0.355 e. The Balaban J connectivity index is 2.57. The number of carbonyl (C=O) groups is 4. The van der Waals surface area contributed by atoms with Gasteiger partial charge in [-0.15, -0.1) is 5.06 Å². The van der Waals surface area contributed by atoms with Gasteiger partial charge in [0.2, 0.25) is 6.41 Å². The van der Waals surface area contributed by atoms with Crippen molar-refractivity contribution >= 4 is 24.2 Å². The van der Waals surface area contributed by atoms with E-state index in [0.717, 1.165) is 12.8 Å². The summed E-state index contributed by atoms with van der Waals surface area (Å²) in [7, 11) is 0. The van der Waals surface area contributed by atoms with Gasteiger partial charge in [0, 0.05) is 12.8 Å². The van der Waals surface area contributed by atoms with Crippen LogP contribution in [0.2, 0.25) is 0 Å². The average Bonchev–Trinajstić information content (AvgIpc) is 2.66. The van der Waals surface area contributed by atoms with Crippen molar-refractivity contribution in [2.24, 2.45) is 0 Å². The smallest absolute Gasteiger partial charge is 0.345 e. The zero-order valence-corrected chi connectivity index (χ0v) is 10.2. The van der Waals surface area contributed by atoms with Gasteiger partial charge in [-0.3, -0.25) is 14.4 Å². The lowest BCUT2D eigenvalue weighted by Gasteiger charge is -2.18. The van der Waals surface area contributed by atoms with E-state index in [1.807, 2.05) is 6.92 Å². The maximum Gasteiger partial charge on any atom is 0.355 e. The van der Waals surface area contributed by atoms with Crippen LogP contribution in [0.3, 0.4) is 0 Å². The number of nitrogens with zero attached hydrogens (tertiary/aromatic N) is 1. The summed E-state index contributed by atoms with van der Waals surface area (Å²) in [5.41, 5.74) is 0. The van der Waals surface area contributed by atoms with Crippen LogP contribution < -0.4 is 5.32 Å². The van der Waals surface area contributed by atoms with Crippen LogP contribution in [0.1, 0.15) is 39.0 Å². The average molecular weight is 256 g/mol. The Labute approximate surface area is 104 Å². The zero-order chi connectivity index (χ0) is 13.5. The molecule has 1 rings (SSSR count). The maximum atomic E-state index is 11.7. The highest BCUT2D eigenvalue weighted by Gasteiger charge is 2.34. The molecule has 1 atom stereocenters. The van der Waals surface area contributed by atoms with Crippen molar-refractivity contribution in [3.63, 3.8) is 0 Å². The van der Waals surface area contributed by atoms with E-state index >= 15 is 0 Å². The molecule has 1 unspecified atom stereocenters. The standard InChI is InChI=1S/C11H16N2O5/c1-2-3-4-8(12-7-14)11(17)18-13-9(15)5-6-10(13)16/h7-8H,2-6H2,1H3,(H,12,14). The summed E-state index contributed by atoms with van der Waals surface area (Å²) in [5, 5.41) is 2.80. The van der Waals surface area contributed by atoms with Gasteiger partial charge < -0.3 is 10.2 Å². The van der Waals surface area contributed by atoms with E-state index < -0.39 is 23.8 Å². The van der Waals surface area contributed by atoms with Crippen molar-refractivity contribution in [2.45, 2.75) is 45.1 Å². The molecule has 0 bridgehead atoms. The lowest BCUT2D eigenvalue weighted by molar-refractivity contribution is -0.199. The van der Waals surface area contributed by atoms with Gasteiger partial charge in [-0.05, 0) is 6.42 Å². The second kappa shape index (κ2) is 6.73. The quantitative estimate of drug-likeness (QED) is 0.507. The second-order valence-electron chi connectivity index (χ2n) is 3.97. The summed E-state index contributed by atoms with van der Waals surface area (Å²) >= 11 is 0. The van der Waals surface area contributed by atoms with E-state index in [1.54, 1.807) is 0 Å². The third-order valence-electron chi connectivity index (χ3n) is 2.59. The van der Waals surface area contributed by atoms with Gasteiger partial charge >= 0.3 is 5.97 Å². The van der Waals surface area contributed by atoms with Crippen molar-refractivity contribution in [1.82, 2.24) is 10.4 Å². The number of hydroxylamine groups is 2. The summed E-state index contributed by atoms with van der Waals surface area (Å²) < 4.78 is 0. The monoisotopic (exact) mass is 256 g/mol. The molecule has 100 valence electrons. The van der Waals surface area contributed by atoms with Gasteiger partial charge in [0.15, 0.2) is 0 Å². The number of carbonyl (C=O) groups excluding carboxylic acids is 4. The minimum atomic E-state index is -0.830. The molecule has 7 heteroatoms. The predicted molar refractivity (Wildman–Crippen MR) is 59.7 cm³/mol. The predicted octanol–water partition coefficient (Wildman–Crippen LogP) is -0.102. The van der Waals surface area contributed by atoms with Gasteiger partial charge in [0.05, 0.1) is 0 Å². The number of amides is 3. The van der Waals surface area contributed by atoms with Crippen LogP contribution in [-0.4, -0.2) is 35.3 Å². The van der Waals surface area contributed by atoms with Crippen LogP contribution in [0.15, 0.2) is 0 Å². The van der Waals surface area contributed by atoms with Crippen LogP contribution >= 0.6 is 0 Å². The number of rotatable bonds is 7. The molecule has 0 aromatic rings. The molecule has 0 aromatic carbocycles. The maximum absolute atomic E-state index is 11.7. The fourth-order valence-corrected chi connectivity index (χ4v) is 1.57. The summed E-state index contributed by atoms with van der Waals surface area (Å²) in [6, 6.07) is -0.830. The molecular weight excluding hydrogens is 240 g/mol. The lowest BCUT2D eigenvalue weighted by atomic mass is 10.1. The topological polar surface area (TPSA) is 92.8 Å². The first kappa shape index (κ1) is 14.1. The van der Waals surface area contributed by atoms with Gasteiger partial charge in [0.1, 0.15) is 6.04 Å². The van der Waals surface area contributed by atoms with Gasteiger partial charge in [-0.1, -0.05) is 19.8 Å². The van der Waals surface area contributed by atoms with Crippen LogP contribution in [0.5, 0.6) is 0 Å². The lowest BCUT2D eigenvalue weighted by Crippen LogP contribution is -2.42. The molecule has 1 heterocycles. The molecule has 0 spiro atoms. The molecule has 1 aliphatic heterocycles. The number of hydrogen-bond donors (Lipinski definition) is 1. The summed E-state index contributed by atoms with van der Waals surface area (Å²) in [5.74, 6) is -1.86. The molecule has 1 aliphatic rings. The second-order valence-corrected chi connectivity index (χ2v) is 3.97. The molecule has 18 heavy (non-hydrogen) atoms. The van der Waals surface area contributed by atoms with E-state index in [2.05, 4.69) is 5.32 Å². The molecule has 1 saturated heterocycles. The molecule has 0 saturated carbocycles. The van der Waals surface area contributed by atoms with E-state index in [0.29, 0.717) is 17.9 Å². The molecule has 3 amide bonds. The van der Waals surface area contributed by atoms with Crippen LogP contribution in [-0.2, 0) is 24.0 Å². The molecule has 7 nitrogen and oxygen atoms in total. The Morgan fingerprint density at radius 2 is 2.06 bits per heavy atom. The Kier molecular flexibility index (Phi) is 5.29. The third kappa shape index (κ3) is 3.54. The van der Waals surface area contributed by atoms with Crippen molar-refractivity contribution < 1.29 is 24.0 Å². The fraction of sp³-hybridized carbons (Fsp3) is 0.636. The highest BCUT2D eigenvalue weighted by atomic mass is 16.7. The van der Waals surface area contributed by atoms with Crippen LogP contribution in [0.4, 0.5) is 0 Å². The van der Waals surface area contributed by atoms with E-state index in [9.17, 15) is 19.2 Å². The molecule has 0 radical (unpaired) electrons. The first-order chi connectivity index (χ1) is 8.60. The van der Waals surface area contributed by atoms with Crippen molar-refractivity contribution in [3.05, 3.63) is 0 Å². The van der Waals surface area contributed by atoms with E-state index in [1.165, 1.54) is 0 Å². The molecule has 1 N–H and O–H groups in total. The number of imide groups is 1. The van der Waals surface area contributed by atoms with Crippen molar-refractivity contribution in [3.8, 4) is 0 Å². The first-order valence-corrected chi connectivity index (χ1v) is 5.87. The fourth-order valence-electron chi connectivity index (χ4n) is 1.57. The Bertz CT molecular complexity index is 339. The highest BCUT2D eigenvalue weighted by molar-refractivity contribution is 6.01. The van der Waals surface area contributed by atoms with Gasteiger partial charge in [-0.2, -0.15) is 0 Å². The third-order valence-corrected chi connectivity index (χ3v) is 2.59. The van der Waals surface area contributed by atoms with E-state index in [-0.39, 0.29) is 12.8 Å². The summed E-state index contributed by atoms with van der Waals surface area (Å²) in [4.78, 5) is 49.3. The Morgan fingerprint density at radius 1 is 1.44 bits per heavy atom. The number of hydrogen-bond acceptors (Lipinski definition) is 5. The first-order valence-electron chi connectivity index (χ1n) is 5.87. The van der Waals surface area contributed by atoms with E-state index in [4.69, 9.17) is 4.84 Å². The Hall–Kier alpha value is -1.92. The van der Waals surface area contributed by atoms with Crippen LogP contribution in [0.25, 0.3) is 0 Å². The molecular formula is C11H16N2O5. The summed E-state index contributed by atoms with van der Waals surface area (Å²) in [6.07, 6.45) is 2.48. The minimum Gasteiger partial charge on any atom is -0.345 e. The van der Waals surface area contributed by atoms with Gasteiger partial charge in [-0.25, -0.2) is 4.79 Å². The number of nitrogens with one attached hydrogen (secondary N) is 1. The SMILES string of the molecule is CCCCC(NC=O)C(=O)ON1C(=O)CCC1=O. The molecule has 1 fully saturated rings. The van der Waals surface area contributed by atoms with Crippen molar-refractivity contribution in [1.29, 1.82) is 0 Å². The molecule has 0 aliphatic carbocycles. The highest BCUT2D eigenvalue weighted by Crippen LogP contribution is 2.13. The number of unbranched alkanes of at least 4 members (excludes halogenated alkanes) is 1.